The summed E-state index contributed by atoms with van der Waals surface area (Å²) < 4.78 is 6.27. The molecule has 0 amide bonds. The largest absolute Gasteiger partial charge is 0.390 e. The van der Waals surface area contributed by atoms with Crippen LogP contribution in [0.5, 0.6) is 0 Å². The molecule has 0 spiro atoms. The van der Waals surface area contributed by atoms with Crippen LogP contribution in [0.4, 0.5) is 0 Å². The van der Waals surface area contributed by atoms with Crippen LogP contribution in [0.3, 0.4) is 0 Å². The molecule has 2 bridgehead atoms. The Bertz CT molecular complexity index is 576. The quantitative estimate of drug-likeness (QED) is 0.724. The first kappa shape index (κ1) is 17.8. The maximum atomic E-state index is 13.0. The van der Waals surface area contributed by atoms with Gasteiger partial charge in [-0.05, 0) is 46.0 Å². The number of hydrogen-bond donors (Lipinski definition) is 2. The number of fused-ring (bicyclic) bond motifs is 5. The summed E-state index contributed by atoms with van der Waals surface area (Å²) in [6.07, 6.45) is 2.14. The van der Waals surface area contributed by atoms with E-state index in [1.54, 1.807) is 6.92 Å². The highest BCUT2D eigenvalue weighted by molar-refractivity contribution is 5.85. The second-order valence-electron chi connectivity index (χ2n) is 8.42. The van der Waals surface area contributed by atoms with Crippen molar-refractivity contribution in [1.82, 2.24) is 0 Å². The van der Waals surface area contributed by atoms with E-state index in [-0.39, 0.29) is 35.6 Å². The van der Waals surface area contributed by atoms with Crippen molar-refractivity contribution in [3.8, 4) is 0 Å². The van der Waals surface area contributed by atoms with E-state index in [4.69, 9.17) is 4.74 Å². The molecule has 0 aromatic rings. The van der Waals surface area contributed by atoms with Crippen molar-refractivity contribution in [2.45, 2.75) is 70.9 Å². The molecule has 2 aliphatic heterocycles. The van der Waals surface area contributed by atoms with Gasteiger partial charge in [0.05, 0.1) is 24.2 Å². The topological polar surface area (TPSA) is 66.8 Å². The lowest BCUT2D eigenvalue weighted by Crippen LogP contribution is -2.55. The summed E-state index contributed by atoms with van der Waals surface area (Å²) in [6.45, 7) is 11.8. The number of hydrogen-bond acceptors (Lipinski definition) is 4. The minimum absolute atomic E-state index is 0.0140. The van der Waals surface area contributed by atoms with Gasteiger partial charge in [-0.15, -0.1) is 0 Å². The summed E-state index contributed by atoms with van der Waals surface area (Å²) >= 11 is 0. The van der Waals surface area contributed by atoms with Gasteiger partial charge in [0.2, 0.25) is 0 Å². The van der Waals surface area contributed by atoms with Crippen molar-refractivity contribution < 1.29 is 19.7 Å². The molecule has 0 radical (unpaired) electrons. The third-order valence-corrected chi connectivity index (χ3v) is 6.47. The number of ether oxygens (including phenoxy) is 1. The molecule has 2 N–H and O–H groups in total. The number of aliphatic hydroxyl groups excluding tert-OH is 1. The van der Waals surface area contributed by atoms with Gasteiger partial charge in [0.15, 0.2) is 0 Å². The molecule has 1 aliphatic carbocycles. The zero-order chi connectivity index (χ0) is 17.8. The SMILES string of the molecule is C=C(C)[C@H]1C[C@H](C)C(=O)[C@H]2[C@@H]1[C@H]1O[C@@H]2C/C(C)=C\C[C@H](O)[C@@]1(C)O. The average Bonchev–Trinajstić information content (AvgIpc) is 2.88. The molecule has 0 unspecified atom stereocenters. The molecule has 1 saturated heterocycles. The summed E-state index contributed by atoms with van der Waals surface area (Å²) in [5, 5.41) is 21.6. The number of ketones is 1. The molecule has 2 heterocycles. The lowest BCUT2D eigenvalue weighted by molar-refractivity contribution is -0.161. The Labute approximate surface area is 144 Å². The molecule has 1 saturated carbocycles. The lowest BCUT2D eigenvalue weighted by atomic mass is 9.60. The minimum Gasteiger partial charge on any atom is -0.390 e. The molecule has 3 aliphatic rings. The van der Waals surface area contributed by atoms with Crippen molar-refractivity contribution in [1.29, 1.82) is 0 Å². The summed E-state index contributed by atoms with van der Waals surface area (Å²) in [6, 6.07) is 0. The predicted molar refractivity (Wildman–Crippen MR) is 92.4 cm³/mol. The summed E-state index contributed by atoms with van der Waals surface area (Å²) in [5.74, 6) is 0.0379. The fraction of sp³-hybridized carbons (Fsp3) is 0.750. The Morgan fingerprint density at radius 3 is 2.75 bits per heavy atom. The zero-order valence-electron chi connectivity index (χ0n) is 15.2. The van der Waals surface area contributed by atoms with E-state index in [0.717, 1.165) is 17.6 Å². The second kappa shape index (κ2) is 6.08. The number of aliphatic hydroxyl groups is 2. The maximum Gasteiger partial charge on any atom is 0.141 e. The summed E-state index contributed by atoms with van der Waals surface area (Å²) in [7, 11) is 0. The normalized spacial score (nSPS) is 51.0. The van der Waals surface area contributed by atoms with Gasteiger partial charge in [-0.25, -0.2) is 0 Å². The molecule has 4 heteroatoms. The van der Waals surface area contributed by atoms with Gasteiger partial charge in [0, 0.05) is 11.8 Å². The number of allylic oxidation sites excluding steroid dienone is 1. The molecular weight excluding hydrogens is 304 g/mol. The third-order valence-electron chi connectivity index (χ3n) is 6.47. The molecular formula is C20H30O4. The Balaban J connectivity index is 2.09. The van der Waals surface area contributed by atoms with Gasteiger partial charge < -0.3 is 14.9 Å². The molecule has 134 valence electrons. The fourth-order valence-electron chi connectivity index (χ4n) is 4.99. The number of carbonyl (C=O) groups is 1. The maximum absolute atomic E-state index is 13.0. The predicted octanol–water partition coefficient (Wildman–Crippen LogP) is 2.64. The van der Waals surface area contributed by atoms with Crippen LogP contribution in [0.25, 0.3) is 0 Å². The molecule has 0 aromatic carbocycles. The van der Waals surface area contributed by atoms with E-state index in [1.807, 2.05) is 26.8 Å². The van der Waals surface area contributed by atoms with Gasteiger partial charge in [0.25, 0.3) is 0 Å². The van der Waals surface area contributed by atoms with Crippen LogP contribution in [0.1, 0.15) is 47.0 Å². The molecule has 24 heavy (non-hydrogen) atoms. The van der Waals surface area contributed by atoms with Crippen LogP contribution in [0.15, 0.2) is 23.8 Å². The fourth-order valence-corrected chi connectivity index (χ4v) is 4.99. The average molecular weight is 334 g/mol. The monoisotopic (exact) mass is 334 g/mol. The van der Waals surface area contributed by atoms with Gasteiger partial charge in [-0.1, -0.05) is 30.7 Å². The van der Waals surface area contributed by atoms with Crippen LogP contribution in [0.2, 0.25) is 0 Å². The smallest absolute Gasteiger partial charge is 0.141 e. The van der Waals surface area contributed by atoms with Crippen LogP contribution in [-0.2, 0) is 9.53 Å². The molecule has 0 aromatic heterocycles. The standard InChI is InChI=1S/C20H30O4/c1-10(2)13-9-12(4)18(22)17-14-8-11(3)6-7-15(21)20(5,23)19(24-14)16(13)17/h6,12-17,19,21,23H,1,7-9H2,2-5H3/b11-6-/t12-,13+,14+,15-,16+,17+,19+,20+/m0/s1. The van der Waals surface area contributed by atoms with E-state index in [2.05, 4.69) is 6.58 Å². The van der Waals surface area contributed by atoms with E-state index < -0.39 is 17.8 Å². The molecule has 3 rings (SSSR count). The Kier molecular flexibility index (Phi) is 4.52. The molecule has 8 atom stereocenters. The number of rotatable bonds is 1. The van der Waals surface area contributed by atoms with E-state index in [9.17, 15) is 15.0 Å². The Morgan fingerprint density at radius 1 is 1.46 bits per heavy atom. The van der Waals surface area contributed by atoms with Crippen molar-refractivity contribution in [2.75, 3.05) is 0 Å². The van der Waals surface area contributed by atoms with Crippen LogP contribution in [-0.4, -0.2) is 39.9 Å². The van der Waals surface area contributed by atoms with Crippen LogP contribution >= 0.6 is 0 Å². The number of Topliss-reactive ketones (excluding diaryl/α,β-unsaturated/α-hetero) is 1. The van der Waals surface area contributed by atoms with Gasteiger partial charge in [-0.2, -0.15) is 0 Å². The minimum atomic E-state index is -1.38. The first-order valence-corrected chi connectivity index (χ1v) is 9.05. The summed E-state index contributed by atoms with van der Waals surface area (Å²) in [4.78, 5) is 13.0. The van der Waals surface area contributed by atoms with E-state index in [0.29, 0.717) is 12.8 Å². The zero-order valence-corrected chi connectivity index (χ0v) is 15.2. The Hall–Kier alpha value is -0.970. The van der Waals surface area contributed by atoms with Crippen molar-refractivity contribution >= 4 is 5.78 Å². The third kappa shape index (κ3) is 2.69. The lowest BCUT2D eigenvalue weighted by Gasteiger charge is -2.43. The van der Waals surface area contributed by atoms with Gasteiger partial charge in [0.1, 0.15) is 11.4 Å². The van der Waals surface area contributed by atoms with Crippen LogP contribution in [0, 0.1) is 23.7 Å². The first-order chi connectivity index (χ1) is 11.1. The highest BCUT2D eigenvalue weighted by Crippen LogP contribution is 2.52. The first-order valence-electron chi connectivity index (χ1n) is 9.05. The van der Waals surface area contributed by atoms with E-state index in [1.165, 1.54) is 0 Å². The van der Waals surface area contributed by atoms with E-state index >= 15 is 0 Å². The number of carbonyl (C=O) groups excluding carboxylic acids is 1. The van der Waals surface area contributed by atoms with Crippen LogP contribution < -0.4 is 0 Å². The molecule has 2 fully saturated rings. The summed E-state index contributed by atoms with van der Waals surface area (Å²) in [5.41, 5.74) is 0.759. The van der Waals surface area contributed by atoms with Crippen molar-refractivity contribution in [3.05, 3.63) is 23.8 Å². The van der Waals surface area contributed by atoms with Crippen molar-refractivity contribution in [2.24, 2.45) is 23.7 Å². The van der Waals surface area contributed by atoms with Gasteiger partial charge >= 0.3 is 0 Å². The van der Waals surface area contributed by atoms with Crippen molar-refractivity contribution in [3.63, 3.8) is 0 Å². The highest BCUT2D eigenvalue weighted by atomic mass is 16.5. The Morgan fingerprint density at radius 2 is 2.12 bits per heavy atom. The highest BCUT2D eigenvalue weighted by Gasteiger charge is 2.60. The molecule has 4 nitrogen and oxygen atoms in total. The van der Waals surface area contributed by atoms with Gasteiger partial charge in [-0.3, -0.25) is 4.79 Å². The second-order valence-corrected chi connectivity index (χ2v) is 8.42.